The zero-order valence-electron chi connectivity index (χ0n) is 7.99. The molecule has 2 N–H and O–H groups in total. The Kier molecular flexibility index (Phi) is 2.33. The van der Waals surface area contributed by atoms with Gasteiger partial charge in [-0.05, 0) is 30.7 Å². The van der Waals surface area contributed by atoms with E-state index in [1.165, 1.54) is 0 Å². The average molecular weight is 188 g/mol. The van der Waals surface area contributed by atoms with E-state index in [9.17, 15) is 0 Å². The van der Waals surface area contributed by atoms with Gasteiger partial charge in [0.05, 0.1) is 6.61 Å². The molecule has 2 aromatic heterocycles. The van der Waals surface area contributed by atoms with Crippen molar-refractivity contribution in [2.45, 2.75) is 13.5 Å². The molecule has 0 saturated carbocycles. The highest BCUT2D eigenvalue weighted by Gasteiger charge is 2.04. The van der Waals surface area contributed by atoms with Gasteiger partial charge in [0.1, 0.15) is 0 Å². The summed E-state index contributed by atoms with van der Waals surface area (Å²) in [5, 5.41) is 9.04. The fourth-order valence-corrected chi connectivity index (χ4v) is 1.44. The van der Waals surface area contributed by atoms with Crippen molar-refractivity contribution in [1.82, 2.24) is 9.97 Å². The lowest BCUT2D eigenvalue weighted by atomic mass is 10.2. The van der Waals surface area contributed by atoms with E-state index in [4.69, 9.17) is 5.11 Å². The fraction of sp³-hybridized carbons (Fsp3) is 0.182. The van der Waals surface area contributed by atoms with Crippen LogP contribution < -0.4 is 0 Å². The van der Waals surface area contributed by atoms with Crippen LogP contribution in [0.15, 0.2) is 30.6 Å². The minimum Gasteiger partial charge on any atom is -0.392 e. The molecular weight excluding hydrogens is 176 g/mol. The number of aromatic nitrogens is 2. The first-order valence-corrected chi connectivity index (χ1v) is 4.51. The van der Waals surface area contributed by atoms with E-state index in [1.807, 2.05) is 25.1 Å². The van der Waals surface area contributed by atoms with E-state index < -0.39 is 0 Å². The number of aryl methyl sites for hydroxylation is 1. The highest BCUT2D eigenvalue weighted by atomic mass is 16.3. The van der Waals surface area contributed by atoms with Gasteiger partial charge in [0.25, 0.3) is 0 Å². The van der Waals surface area contributed by atoms with Crippen molar-refractivity contribution in [3.63, 3.8) is 0 Å². The van der Waals surface area contributed by atoms with E-state index >= 15 is 0 Å². The molecule has 3 heteroatoms. The van der Waals surface area contributed by atoms with Crippen LogP contribution in [0.4, 0.5) is 0 Å². The van der Waals surface area contributed by atoms with Gasteiger partial charge in [0.15, 0.2) is 0 Å². The van der Waals surface area contributed by atoms with Crippen molar-refractivity contribution in [3.05, 3.63) is 41.9 Å². The lowest BCUT2D eigenvalue weighted by Crippen LogP contribution is -1.81. The Morgan fingerprint density at radius 1 is 1.50 bits per heavy atom. The van der Waals surface area contributed by atoms with Crippen molar-refractivity contribution >= 4 is 0 Å². The minimum atomic E-state index is 0.0720. The molecule has 2 rings (SSSR count). The molecule has 0 spiro atoms. The van der Waals surface area contributed by atoms with E-state index in [1.54, 1.807) is 12.4 Å². The highest BCUT2D eigenvalue weighted by molar-refractivity contribution is 5.60. The van der Waals surface area contributed by atoms with Crippen LogP contribution in [0.3, 0.4) is 0 Å². The number of H-pyrrole nitrogens is 1. The lowest BCUT2D eigenvalue weighted by molar-refractivity contribution is 0.281. The summed E-state index contributed by atoms with van der Waals surface area (Å²) in [6.07, 6.45) is 3.54. The maximum absolute atomic E-state index is 9.04. The van der Waals surface area contributed by atoms with E-state index in [0.29, 0.717) is 0 Å². The number of aliphatic hydroxyl groups excluding tert-OH is 1. The predicted molar refractivity (Wildman–Crippen MR) is 54.7 cm³/mol. The van der Waals surface area contributed by atoms with E-state index in [-0.39, 0.29) is 6.61 Å². The van der Waals surface area contributed by atoms with Gasteiger partial charge < -0.3 is 10.1 Å². The summed E-state index contributed by atoms with van der Waals surface area (Å²) in [5.74, 6) is 0. The maximum atomic E-state index is 9.04. The molecule has 0 unspecified atom stereocenters. The maximum Gasteiger partial charge on any atom is 0.0699 e. The van der Waals surface area contributed by atoms with Crippen molar-refractivity contribution in [1.29, 1.82) is 0 Å². The van der Waals surface area contributed by atoms with Gasteiger partial charge in [-0.1, -0.05) is 0 Å². The van der Waals surface area contributed by atoms with Crippen molar-refractivity contribution in [2.75, 3.05) is 0 Å². The molecule has 0 aliphatic carbocycles. The molecule has 2 heterocycles. The van der Waals surface area contributed by atoms with Gasteiger partial charge in [-0.25, -0.2) is 0 Å². The number of hydrogen-bond acceptors (Lipinski definition) is 2. The van der Waals surface area contributed by atoms with Crippen LogP contribution in [-0.4, -0.2) is 15.1 Å². The van der Waals surface area contributed by atoms with Gasteiger partial charge in [-0.15, -0.1) is 0 Å². The fourth-order valence-electron chi connectivity index (χ4n) is 1.44. The smallest absolute Gasteiger partial charge is 0.0699 e. The zero-order chi connectivity index (χ0) is 9.97. The number of aromatic amines is 1. The number of hydrogen-bond donors (Lipinski definition) is 2. The first kappa shape index (κ1) is 8.97. The normalized spacial score (nSPS) is 10.4. The molecule has 0 bridgehead atoms. The molecule has 0 radical (unpaired) electrons. The third-order valence-corrected chi connectivity index (χ3v) is 2.27. The molecule has 0 atom stereocenters. The van der Waals surface area contributed by atoms with Crippen LogP contribution in [-0.2, 0) is 6.61 Å². The Labute approximate surface area is 82.4 Å². The molecule has 0 aliphatic rings. The summed E-state index contributed by atoms with van der Waals surface area (Å²) in [5.41, 5.74) is 3.98. The molecule has 0 fully saturated rings. The summed E-state index contributed by atoms with van der Waals surface area (Å²) < 4.78 is 0. The van der Waals surface area contributed by atoms with Crippen molar-refractivity contribution in [2.24, 2.45) is 0 Å². The number of rotatable bonds is 2. The topological polar surface area (TPSA) is 48.9 Å². The van der Waals surface area contributed by atoms with Gasteiger partial charge in [-0.3, -0.25) is 4.98 Å². The van der Waals surface area contributed by atoms with Crippen LogP contribution in [0.5, 0.6) is 0 Å². The highest BCUT2D eigenvalue weighted by Crippen LogP contribution is 2.20. The number of aliphatic hydroxyl groups is 1. The second-order valence-electron chi connectivity index (χ2n) is 3.23. The van der Waals surface area contributed by atoms with Crippen LogP contribution in [0.25, 0.3) is 11.3 Å². The summed E-state index contributed by atoms with van der Waals surface area (Å²) in [7, 11) is 0. The first-order valence-electron chi connectivity index (χ1n) is 4.51. The van der Waals surface area contributed by atoms with E-state index in [2.05, 4.69) is 9.97 Å². The van der Waals surface area contributed by atoms with Gasteiger partial charge in [-0.2, -0.15) is 0 Å². The van der Waals surface area contributed by atoms with Gasteiger partial charge in [0, 0.05) is 29.3 Å². The summed E-state index contributed by atoms with van der Waals surface area (Å²) >= 11 is 0. The van der Waals surface area contributed by atoms with Crippen LogP contribution in [0.2, 0.25) is 0 Å². The molecule has 0 amide bonds. The van der Waals surface area contributed by atoms with Crippen molar-refractivity contribution < 1.29 is 5.11 Å². The molecule has 14 heavy (non-hydrogen) atoms. The van der Waals surface area contributed by atoms with Crippen LogP contribution >= 0.6 is 0 Å². The summed E-state index contributed by atoms with van der Waals surface area (Å²) in [4.78, 5) is 7.26. The number of pyridine rings is 1. The Morgan fingerprint density at radius 2 is 2.36 bits per heavy atom. The first-order chi connectivity index (χ1) is 6.81. The Bertz CT molecular complexity index is 420. The molecular formula is C11H12N2O. The predicted octanol–water partition coefficient (Wildman–Crippen LogP) is 1.88. The van der Waals surface area contributed by atoms with Crippen LogP contribution in [0.1, 0.15) is 11.3 Å². The third kappa shape index (κ3) is 1.54. The molecule has 0 aromatic carbocycles. The van der Waals surface area contributed by atoms with E-state index in [0.717, 1.165) is 22.5 Å². The third-order valence-electron chi connectivity index (χ3n) is 2.27. The molecule has 0 aliphatic heterocycles. The number of nitrogens with zero attached hydrogens (tertiary/aromatic N) is 1. The Morgan fingerprint density at radius 3 is 2.93 bits per heavy atom. The second kappa shape index (κ2) is 3.64. The minimum absolute atomic E-state index is 0.0720. The Hall–Kier alpha value is -1.61. The molecule has 0 saturated heterocycles. The standard InChI is InChI=1S/C11H12N2O/c1-8-10(7-14)5-11(13-8)9-3-2-4-12-6-9/h2-6,13-14H,7H2,1H3. The van der Waals surface area contributed by atoms with Crippen molar-refractivity contribution in [3.8, 4) is 11.3 Å². The van der Waals surface area contributed by atoms with Crippen LogP contribution in [0, 0.1) is 6.92 Å². The quantitative estimate of drug-likeness (QED) is 0.756. The zero-order valence-corrected chi connectivity index (χ0v) is 7.99. The second-order valence-corrected chi connectivity index (χ2v) is 3.23. The SMILES string of the molecule is Cc1[nH]c(-c2cccnc2)cc1CO. The molecule has 3 nitrogen and oxygen atoms in total. The molecule has 72 valence electrons. The van der Waals surface area contributed by atoms with Gasteiger partial charge >= 0.3 is 0 Å². The summed E-state index contributed by atoms with van der Waals surface area (Å²) in [6, 6.07) is 5.83. The lowest BCUT2D eigenvalue weighted by Gasteiger charge is -1.94. The largest absolute Gasteiger partial charge is 0.392 e. The summed E-state index contributed by atoms with van der Waals surface area (Å²) in [6.45, 7) is 2.02. The van der Waals surface area contributed by atoms with Gasteiger partial charge in [0.2, 0.25) is 0 Å². The monoisotopic (exact) mass is 188 g/mol. The average Bonchev–Trinajstić information content (AvgIpc) is 2.61. The number of nitrogens with one attached hydrogen (secondary N) is 1. The Balaban J connectivity index is 2.43. The molecule has 2 aromatic rings.